The molecule has 0 radical (unpaired) electrons. The van der Waals surface area contributed by atoms with Gasteiger partial charge in [-0.1, -0.05) is 22.9 Å². The van der Waals surface area contributed by atoms with Crippen molar-refractivity contribution in [3.05, 3.63) is 64.4 Å². The van der Waals surface area contributed by atoms with Crippen LogP contribution in [0.15, 0.2) is 56.7 Å². The third-order valence-corrected chi connectivity index (χ3v) is 6.38. The van der Waals surface area contributed by atoms with E-state index in [2.05, 4.69) is 19.8 Å². The molecular weight excluding hydrogens is 406 g/mol. The molecule has 0 fully saturated rings. The summed E-state index contributed by atoms with van der Waals surface area (Å²) in [7, 11) is -3.73. The molecule has 9 nitrogen and oxygen atoms in total. The number of aromatic nitrogens is 4. The number of sulfonamides is 1. The van der Waals surface area contributed by atoms with Gasteiger partial charge in [0, 0.05) is 12.1 Å². The fourth-order valence-corrected chi connectivity index (χ4v) is 4.41. The smallest absolute Gasteiger partial charge is 0.326 e. The van der Waals surface area contributed by atoms with Crippen LogP contribution in [0.25, 0.3) is 22.4 Å². The zero-order valence-corrected chi connectivity index (χ0v) is 17.5. The molecule has 2 aromatic carbocycles. The molecule has 0 aliphatic heterocycles. The summed E-state index contributed by atoms with van der Waals surface area (Å²) in [4.78, 5) is 19.3. The van der Waals surface area contributed by atoms with Gasteiger partial charge in [0.15, 0.2) is 0 Å². The lowest BCUT2D eigenvalue weighted by Crippen LogP contribution is -2.27. The highest BCUT2D eigenvalue weighted by Gasteiger charge is 2.23. The van der Waals surface area contributed by atoms with Crippen LogP contribution in [0, 0.1) is 6.92 Å². The lowest BCUT2D eigenvalue weighted by atomic mass is 10.2. The van der Waals surface area contributed by atoms with E-state index in [1.807, 2.05) is 19.9 Å². The maximum Gasteiger partial charge on any atom is 0.326 e. The highest BCUT2D eigenvalue weighted by Crippen LogP contribution is 2.23. The molecule has 0 aliphatic carbocycles. The second-order valence-electron chi connectivity index (χ2n) is 7.02. The Kier molecular flexibility index (Phi) is 5.04. The van der Waals surface area contributed by atoms with Gasteiger partial charge in [-0.15, -0.1) is 0 Å². The summed E-state index contributed by atoms with van der Waals surface area (Å²) in [5, 5.41) is 3.96. The Labute approximate surface area is 172 Å². The first-order valence-corrected chi connectivity index (χ1v) is 10.9. The number of nitrogens with one attached hydrogen (secondary N) is 2. The van der Waals surface area contributed by atoms with E-state index in [0.29, 0.717) is 23.4 Å². The van der Waals surface area contributed by atoms with Crippen LogP contribution in [0.5, 0.6) is 0 Å². The molecule has 2 aromatic heterocycles. The van der Waals surface area contributed by atoms with E-state index >= 15 is 0 Å². The number of benzene rings is 2. The summed E-state index contributed by atoms with van der Waals surface area (Å²) in [5.74, 6) is 0.443. The molecule has 1 atom stereocenters. The van der Waals surface area contributed by atoms with Gasteiger partial charge in [0.05, 0.1) is 22.0 Å². The van der Waals surface area contributed by atoms with Crippen molar-refractivity contribution in [2.75, 3.05) is 0 Å². The van der Waals surface area contributed by atoms with Crippen LogP contribution < -0.4 is 10.4 Å². The molecule has 10 heteroatoms. The Morgan fingerprint density at radius 1 is 1.20 bits per heavy atom. The Bertz CT molecular complexity index is 1370. The molecule has 2 N–H and O–H groups in total. The van der Waals surface area contributed by atoms with Gasteiger partial charge in [-0.25, -0.2) is 13.2 Å². The lowest BCUT2D eigenvalue weighted by molar-refractivity contribution is 0.354. The number of aryl methyl sites for hydroxylation is 2. The topological polar surface area (TPSA) is 123 Å². The number of imidazole rings is 1. The van der Waals surface area contributed by atoms with E-state index in [1.54, 1.807) is 47.9 Å². The molecule has 4 aromatic rings. The van der Waals surface area contributed by atoms with E-state index in [9.17, 15) is 13.2 Å². The third kappa shape index (κ3) is 3.66. The zero-order valence-electron chi connectivity index (χ0n) is 16.7. The van der Waals surface area contributed by atoms with E-state index in [4.69, 9.17) is 4.52 Å². The molecule has 0 aliphatic rings. The van der Waals surface area contributed by atoms with Crippen LogP contribution in [0.2, 0.25) is 0 Å². The summed E-state index contributed by atoms with van der Waals surface area (Å²) in [6, 6.07) is 11.2. The molecule has 0 amide bonds. The Morgan fingerprint density at radius 3 is 2.63 bits per heavy atom. The van der Waals surface area contributed by atoms with Gasteiger partial charge in [-0.05, 0) is 51.1 Å². The largest absolute Gasteiger partial charge is 0.337 e. The fourth-order valence-electron chi connectivity index (χ4n) is 3.21. The van der Waals surface area contributed by atoms with Crippen LogP contribution in [0.1, 0.15) is 31.3 Å². The van der Waals surface area contributed by atoms with Gasteiger partial charge in [0.2, 0.25) is 21.7 Å². The lowest BCUT2D eigenvalue weighted by Gasteiger charge is -2.10. The molecule has 156 valence electrons. The number of H-pyrrole nitrogens is 1. The minimum Gasteiger partial charge on any atom is -0.337 e. The van der Waals surface area contributed by atoms with Gasteiger partial charge in [-0.2, -0.15) is 9.71 Å². The summed E-state index contributed by atoms with van der Waals surface area (Å²) < 4.78 is 34.6. The predicted molar refractivity (Wildman–Crippen MR) is 111 cm³/mol. The summed E-state index contributed by atoms with van der Waals surface area (Å²) in [6.45, 7) is 5.97. The molecule has 30 heavy (non-hydrogen) atoms. The van der Waals surface area contributed by atoms with Crippen molar-refractivity contribution in [1.82, 2.24) is 24.4 Å². The van der Waals surface area contributed by atoms with Crippen molar-refractivity contribution in [2.45, 2.75) is 38.3 Å². The minimum atomic E-state index is -3.73. The monoisotopic (exact) mass is 427 g/mol. The highest BCUT2D eigenvalue weighted by molar-refractivity contribution is 7.89. The molecule has 0 bridgehead atoms. The third-order valence-electron chi connectivity index (χ3n) is 4.82. The summed E-state index contributed by atoms with van der Waals surface area (Å²) in [6.07, 6.45) is 0. The molecule has 4 rings (SSSR count). The highest BCUT2D eigenvalue weighted by atomic mass is 32.2. The molecule has 0 saturated carbocycles. The van der Waals surface area contributed by atoms with Gasteiger partial charge >= 0.3 is 5.69 Å². The minimum absolute atomic E-state index is 0.139. The van der Waals surface area contributed by atoms with Crippen LogP contribution in [-0.2, 0) is 16.6 Å². The summed E-state index contributed by atoms with van der Waals surface area (Å²) >= 11 is 0. The second-order valence-corrected chi connectivity index (χ2v) is 8.73. The quantitative estimate of drug-likeness (QED) is 0.488. The first kappa shape index (κ1) is 20.0. The zero-order chi connectivity index (χ0) is 21.5. The number of aromatic amines is 1. The SMILES string of the molecule is CCn1c(=O)[nH]c2cc(-c3noc([C@@H](C)NS(=O)(=O)c4ccc(C)cc4)n3)ccc21. The van der Waals surface area contributed by atoms with Crippen molar-refractivity contribution >= 4 is 21.1 Å². The maximum absolute atomic E-state index is 12.6. The van der Waals surface area contributed by atoms with Gasteiger partial charge < -0.3 is 9.51 Å². The standard InChI is InChI=1S/C20H21N5O4S/c1-4-25-17-10-7-14(11-16(17)21-20(25)26)18-22-19(29-23-18)13(3)24-30(27,28)15-8-5-12(2)6-9-15/h5-11,13,24H,4H2,1-3H3,(H,21,26)/t13-/m1/s1. The second kappa shape index (κ2) is 7.54. The average Bonchev–Trinajstić information content (AvgIpc) is 3.31. The number of nitrogens with zero attached hydrogens (tertiary/aromatic N) is 3. The number of hydrogen-bond donors (Lipinski definition) is 2. The number of hydrogen-bond acceptors (Lipinski definition) is 6. The molecular formula is C20H21N5O4S. The van der Waals surface area contributed by atoms with Crippen LogP contribution in [-0.4, -0.2) is 28.1 Å². The van der Waals surface area contributed by atoms with Crippen LogP contribution >= 0.6 is 0 Å². The summed E-state index contributed by atoms with van der Waals surface area (Å²) in [5.41, 5.74) is 2.89. The first-order valence-electron chi connectivity index (χ1n) is 9.44. The first-order chi connectivity index (χ1) is 14.3. The molecule has 0 saturated heterocycles. The van der Waals surface area contributed by atoms with Crippen molar-refractivity contribution < 1.29 is 12.9 Å². The molecule has 2 heterocycles. The number of rotatable bonds is 6. The van der Waals surface area contributed by atoms with E-state index in [-0.39, 0.29) is 16.5 Å². The Hall–Kier alpha value is -3.24. The van der Waals surface area contributed by atoms with Crippen LogP contribution in [0.4, 0.5) is 0 Å². The number of fused-ring (bicyclic) bond motifs is 1. The van der Waals surface area contributed by atoms with Crippen LogP contribution in [0.3, 0.4) is 0 Å². The van der Waals surface area contributed by atoms with Gasteiger partial charge in [0.25, 0.3) is 0 Å². The van der Waals surface area contributed by atoms with Crippen molar-refractivity contribution in [1.29, 1.82) is 0 Å². The van der Waals surface area contributed by atoms with Crippen molar-refractivity contribution in [3.63, 3.8) is 0 Å². The normalized spacial score (nSPS) is 13.0. The van der Waals surface area contributed by atoms with E-state index in [0.717, 1.165) is 11.1 Å². The van der Waals surface area contributed by atoms with Crippen molar-refractivity contribution in [3.8, 4) is 11.4 Å². The van der Waals surface area contributed by atoms with E-state index in [1.165, 1.54) is 0 Å². The van der Waals surface area contributed by atoms with Gasteiger partial charge in [0.1, 0.15) is 0 Å². The average molecular weight is 427 g/mol. The molecule has 0 unspecified atom stereocenters. The fraction of sp³-hybridized carbons (Fsp3) is 0.250. The molecule has 0 spiro atoms. The van der Waals surface area contributed by atoms with Gasteiger partial charge in [-0.3, -0.25) is 4.57 Å². The van der Waals surface area contributed by atoms with Crippen molar-refractivity contribution in [2.24, 2.45) is 0 Å². The predicted octanol–water partition coefficient (Wildman–Crippen LogP) is 2.75. The maximum atomic E-state index is 12.6. The Balaban J connectivity index is 1.58. The Morgan fingerprint density at radius 2 is 1.93 bits per heavy atom. The van der Waals surface area contributed by atoms with E-state index < -0.39 is 16.1 Å².